The molecule has 0 bridgehead atoms. The third-order valence-corrected chi connectivity index (χ3v) is 9.31. The summed E-state index contributed by atoms with van der Waals surface area (Å²) in [7, 11) is 0. The number of hydrogen-bond donors (Lipinski definition) is 0. The van der Waals surface area contributed by atoms with E-state index in [4.69, 9.17) is 4.98 Å². The lowest BCUT2D eigenvalue weighted by molar-refractivity contribution is 1.17. The second-order valence-corrected chi connectivity index (χ2v) is 11.7. The molecule has 0 saturated carbocycles. The molecule has 9 aromatic rings. The highest BCUT2D eigenvalue weighted by molar-refractivity contribution is 6.31. The SMILES string of the molecule is C1=CC=CC(n2c3ccccc3c3c2ccc2c4ccc5c(c6ncccc6n5-c5ccccc5)c4n(-c4ccccc4)c23)=CC=1. The molecule has 214 valence electrons. The van der Waals surface area contributed by atoms with Crippen LogP contribution in [0.15, 0.2) is 164 Å². The molecule has 0 atom stereocenters. The molecule has 10 rings (SSSR count). The summed E-state index contributed by atoms with van der Waals surface area (Å²) < 4.78 is 7.20. The Morgan fingerprint density at radius 3 is 1.91 bits per heavy atom. The van der Waals surface area contributed by atoms with Crippen LogP contribution in [0.3, 0.4) is 0 Å². The van der Waals surface area contributed by atoms with Crippen LogP contribution in [-0.4, -0.2) is 18.7 Å². The third-order valence-electron chi connectivity index (χ3n) is 9.31. The zero-order valence-corrected chi connectivity index (χ0v) is 24.8. The van der Waals surface area contributed by atoms with E-state index in [1.165, 1.54) is 43.6 Å². The Morgan fingerprint density at radius 2 is 1.13 bits per heavy atom. The van der Waals surface area contributed by atoms with E-state index < -0.39 is 0 Å². The van der Waals surface area contributed by atoms with E-state index in [0.29, 0.717) is 0 Å². The number of nitrogens with zero attached hydrogens (tertiary/aromatic N) is 4. The highest BCUT2D eigenvalue weighted by atomic mass is 15.0. The maximum absolute atomic E-state index is 5.03. The van der Waals surface area contributed by atoms with Crippen molar-refractivity contribution in [2.75, 3.05) is 0 Å². The molecule has 1 aliphatic rings. The van der Waals surface area contributed by atoms with Crippen LogP contribution in [0.2, 0.25) is 0 Å². The van der Waals surface area contributed by atoms with Crippen molar-refractivity contribution in [1.29, 1.82) is 0 Å². The summed E-state index contributed by atoms with van der Waals surface area (Å²) in [6.07, 6.45) is 12.2. The fourth-order valence-electron chi connectivity index (χ4n) is 7.52. The molecule has 4 heteroatoms. The molecule has 0 fully saturated rings. The maximum atomic E-state index is 5.03. The van der Waals surface area contributed by atoms with Gasteiger partial charge in [0.2, 0.25) is 0 Å². The van der Waals surface area contributed by atoms with Gasteiger partial charge in [-0.3, -0.25) is 4.98 Å². The van der Waals surface area contributed by atoms with Crippen molar-refractivity contribution in [3.8, 4) is 11.4 Å². The normalized spacial score (nSPS) is 13.2. The average Bonchev–Trinajstić information content (AvgIpc) is 3.65. The summed E-state index contributed by atoms with van der Waals surface area (Å²) in [5, 5.41) is 6.04. The molecule has 0 N–H and O–H groups in total. The van der Waals surface area contributed by atoms with Crippen LogP contribution in [0.1, 0.15) is 0 Å². The largest absolute Gasteiger partial charge is 0.309 e. The van der Waals surface area contributed by atoms with Gasteiger partial charge >= 0.3 is 0 Å². The third kappa shape index (κ3) is 3.36. The molecule has 4 heterocycles. The second kappa shape index (κ2) is 9.57. The first kappa shape index (κ1) is 25.0. The van der Waals surface area contributed by atoms with Gasteiger partial charge in [-0.15, -0.1) is 5.73 Å². The maximum Gasteiger partial charge on any atom is 0.0984 e. The lowest BCUT2D eigenvalue weighted by atomic mass is 10.1. The Morgan fingerprint density at radius 1 is 0.478 bits per heavy atom. The van der Waals surface area contributed by atoms with Crippen LogP contribution >= 0.6 is 0 Å². The predicted octanol–water partition coefficient (Wildman–Crippen LogP) is 10.5. The Labute approximate surface area is 264 Å². The van der Waals surface area contributed by atoms with E-state index in [1.807, 2.05) is 24.4 Å². The summed E-state index contributed by atoms with van der Waals surface area (Å²) in [6.45, 7) is 0. The first-order chi connectivity index (χ1) is 22.9. The minimum atomic E-state index is 0.999. The molecular weight excluding hydrogens is 560 g/mol. The monoisotopic (exact) mass is 586 g/mol. The highest BCUT2D eigenvalue weighted by Crippen LogP contribution is 2.45. The summed E-state index contributed by atoms with van der Waals surface area (Å²) in [5.41, 5.74) is 14.5. The number of pyridine rings is 1. The zero-order valence-electron chi connectivity index (χ0n) is 24.8. The van der Waals surface area contributed by atoms with Crippen molar-refractivity contribution in [2.45, 2.75) is 0 Å². The molecular formula is C42H26N4. The topological polar surface area (TPSA) is 27.7 Å². The van der Waals surface area contributed by atoms with Crippen LogP contribution in [0.25, 0.3) is 82.6 Å². The fourth-order valence-corrected chi connectivity index (χ4v) is 7.52. The number of hydrogen-bond acceptors (Lipinski definition) is 1. The van der Waals surface area contributed by atoms with Crippen molar-refractivity contribution in [3.63, 3.8) is 0 Å². The van der Waals surface area contributed by atoms with Crippen molar-refractivity contribution in [3.05, 3.63) is 164 Å². The van der Waals surface area contributed by atoms with E-state index in [9.17, 15) is 0 Å². The van der Waals surface area contributed by atoms with E-state index in [2.05, 4.69) is 153 Å². The van der Waals surface area contributed by atoms with Crippen LogP contribution in [0.4, 0.5) is 0 Å². The lowest BCUT2D eigenvalue weighted by Gasteiger charge is -2.11. The van der Waals surface area contributed by atoms with Gasteiger partial charge in [-0.2, -0.15) is 0 Å². The Balaban J connectivity index is 1.46. The number of aromatic nitrogens is 4. The molecule has 5 aromatic carbocycles. The van der Waals surface area contributed by atoms with Crippen molar-refractivity contribution >= 4 is 71.2 Å². The summed E-state index contributed by atoms with van der Waals surface area (Å²) in [6, 6.07) is 43.5. The minimum absolute atomic E-state index is 0.999. The zero-order chi connectivity index (χ0) is 30.2. The van der Waals surface area contributed by atoms with Gasteiger partial charge in [0.25, 0.3) is 0 Å². The van der Waals surface area contributed by atoms with Gasteiger partial charge in [0.05, 0.1) is 44.0 Å². The fraction of sp³-hybridized carbons (Fsp3) is 0. The van der Waals surface area contributed by atoms with Crippen LogP contribution < -0.4 is 0 Å². The predicted molar refractivity (Wildman–Crippen MR) is 192 cm³/mol. The van der Waals surface area contributed by atoms with Gasteiger partial charge in [0.1, 0.15) is 0 Å². The van der Waals surface area contributed by atoms with E-state index in [-0.39, 0.29) is 0 Å². The molecule has 0 aliphatic heterocycles. The molecule has 0 radical (unpaired) electrons. The van der Waals surface area contributed by atoms with Gasteiger partial charge in [-0.1, -0.05) is 72.8 Å². The first-order valence-electron chi connectivity index (χ1n) is 15.6. The quantitative estimate of drug-likeness (QED) is 0.189. The van der Waals surface area contributed by atoms with Gasteiger partial charge in [-0.05, 0) is 78.9 Å². The van der Waals surface area contributed by atoms with Crippen LogP contribution in [0.5, 0.6) is 0 Å². The van der Waals surface area contributed by atoms with E-state index >= 15 is 0 Å². The summed E-state index contributed by atoms with van der Waals surface area (Å²) in [5.74, 6) is 0. The van der Waals surface area contributed by atoms with Gasteiger partial charge in [0.15, 0.2) is 0 Å². The number of rotatable bonds is 3. The molecule has 4 aromatic heterocycles. The highest BCUT2D eigenvalue weighted by Gasteiger charge is 2.24. The molecule has 46 heavy (non-hydrogen) atoms. The van der Waals surface area contributed by atoms with Crippen LogP contribution in [-0.2, 0) is 0 Å². The molecule has 0 unspecified atom stereocenters. The standard InChI is InChI=1S/C42H26N4/c1-2-6-15-28(14-5-1)44-34-21-12-11-20-33(34)38-35(44)25-23-31-32-24-26-36-39(42(32)46(41(31)38)30-18-9-4-10-19-30)40-37(22-13-27-43-40)45(36)29-16-7-3-8-17-29/h1,3-27H. The van der Waals surface area contributed by atoms with Crippen molar-refractivity contribution in [2.24, 2.45) is 0 Å². The summed E-state index contributed by atoms with van der Waals surface area (Å²) in [4.78, 5) is 5.03. The van der Waals surface area contributed by atoms with Crippen LogP contribution in [0, 0.1) is 0 Å². The Bertz CT molecular complexity index is 2810. The smallest absolute Gasteiger partial charge is 0.0984 e. The molecule has 0 amide bonds. The minimum Gasteiger partial charge on any atom is -0.309 e. The average molecular weight is 587 g/mol. The summed E-state index contributed by atoms with van der Waals surface area (Å²) >= 11 is 0. The number of benzene rings is 5. The van der Waals surface area contributed by atoms with E-state index in [1.54, 1.807) is 0 Å². The molecule has 4 nitrogen and oxygen atoms in total. The number of para-hydroxylation sites is 3. The molecule has 0 spiro atoms. The van der Waals surface area contributed by atoms with Gasteiger partial charge in [0, 0.05) is 44.8 Å². The Hall–Kier alpha value is -6.35. The lowest BCUT2D eigenvalue weighted by Crippen LogP contribution is -1.96. The van der Waals surface area contributed by atoms with Crippen molar-refractivity contribution < 1.29 is 0 Å². The molecule has 0 saturated heterocycles. The Kier molecular flexibility index (Phi) is 5.21. The van der Waals surface area contributed by atoms with E-state index in [0.717, 1.165) is 39.0 Å². The second-order valence-electron chi connectivity index (χ2n) is 11.7. The van der Waals surface area contributed by atoms with Crippen molar-refractivity contribution in [1.82, 2.24) is 18.7 Å². The van der Waals surface area contributed by atoms with Gasteiger partial charge < -0.3 is 13.7 Å². The number of allylic oxidation sites excluding steroid dienone is 5. The molecule has 1 aliphatic carbocycles. The number of fused-ring (bicyclic) bond motifs is 11. The van der Waals surface area contributed by atoms with Gasteiger partial charge in [-0.25, -0.2) is 0 Å². The first-order valence-corrected chi connectivity index (χ1v) is 15.6.